The van der Waals surface area contributed by atoms with Crippen LogP contribution in [0.3, 0.4) is 0 Å². The number of ether oxygens (including phenoxy) is 1. The Hall–Kier alpha value is -3.24. The third-order valence-corrected chi connectivity index (χ3v) is 6.84. The van der Waals surface area contributed by atoms with Crippen molar-refractivity contribution in [1.29, 1.82) is 0 Å². The highest BCUT2D eigenvalue weighted by Crippen LogP contribution is 2.46. The third-order valence-electron chi connectivity index (χ3n) is 5.40. The number of aromatic nitrogens is 2. The van der Waals surface area contributed by atoms with E-state index in [0.717, 1.165) is 22.5 Å². The normalized spacial score (nSPS) is 17.6. The van der Waals surface area contributed by atoms with Gasteiger partial charge in [-0.3, -0.25) is 14.5 Å². The lowest BCUT2D eigenvalue weighted by Crippen LogP contribution is -2.29. The van der Waals surface area contributed by atoms with E-state index in [1.54, 1.807) is 19.1 Å². The molecule has 2 aromatic carbocycles. The molecule has 0 spiro atoms. The van der Waals surface area contributed by atoms with Gasteiger partial charge in [0.05, 0.1) is 23.2 Å². The van der Waals surface area contributed by atoms with Gasteiger partial charge >= 0.3 is 5.91 Å². The largest absolute Gasteiger partial charge is 0.507 e. The number of phenolic OH excluding ortho intramolecular Hbond substituents is 1. The molecule has 8 nitrogen and oxygen atoms in total. The van der Waals surface area contributed by atoms with E-state index in [0.29, 0.717) is 20.6 Å². The van der Waals surface area contributed by atoms with Crippen LogP contribution in [0.25, 0.3) is 5.76 Å². The summed E-state index contributed by atoms with van der Waals surface area (Å²) in [6, 6.07) is 7.58. The molecular formula is C23H20BrN3O5S. The molecule has 33 heavy (non-hydrogen) atoms. The minimum Gasteiger partial charge on any atom is -0.507 e. The van der Waals surface area contributed by atoms with Gasteiger partial charge in [0.25, 0.3) is 5.78 Å². The Balaban J connectivity index is 2.03. The first kappa shape index (κ1) is 22.9. The van der Waals surface area contributed by atoms with Crippen molar-refractivity contribution >= 4 is 49.8 Å². The predicted molar refractivity (Wildman–Crippen MR) is 128 cm³/mol. The van der Waals surface area contributed by atoms with Crippen molar-refractivity contribution in [2.24, 2.45) is 0 Å². The number of hydrogen-bond donors (Lipinski definition) is 2. The lowest BCUT2D eigenvalue weighted by atomic mass is 9.93. The number of aliphatic hydroxyl groups is 1. The highest BCUT2D eigenvalue weighted by Gasteiger charge is 2.48. The summed E-state index contributed by atoms with van der Waals surface area (Å²) in [6.07, 6.45) is 0. The second-order valence-corrected chi connectivity index (χ2v) is 9.66. The van der Waals surface area contributed by atoms with Crippen molar-refractivity contribution < 1.29 is 24.5 Å². The maximum Gasteiger partial charge on any atom is 0.301 e. The molecule has 1 fully saturated rings. The number of hydrogen-bond acceptors (Lipinski definition) is 8. The molecule has 0 saturated carbocycles. The van der Waals surface area contributed by atoms with E-state index in [1.807, 2.05) is 26.0 Å². The molecule has 2 heterocycles. The van der Waals surface area contributed by atoms with Gasteiger partial charge in [-0.05, 0) is 66.0 Å². The number of carbonyl (C=O) groups is 2. The second-order valence-electron chi connectivity index (χ2n) is 7.64. The van der Waals surface area contributed by atoms with Crippen LogP contribution in [0.5, 0.6) is 11.5 Å². The van der Waals surface area contributed by atoms with Gasteiger partial charge in [-0.2, -0.15) is 0 Å². The number of anilines is 1. The van der Waals surface area contributed by atoms with Gasteiger partial charge in [-0.25, -0.2) is 0 Å². The number of aromatic hydroxyl groups is 1. The molecule has 4 rings (SSSR count). The van der Waals surface area contributed by atoms with Crippen LogP contribution in [0.2, 0.25) is 0 Å². The molecule has 0 radical (unpaired) electrons. The van der Waals surface area contributed by atoms with E-state index >= 15 is 0 Å². The highest BCUT2D eigenvalue weighted by atomic mass is 79.9. The Labute approximate surface area is 202 Å². The van der Waals surface area contributed by atoms with E-state index in [9.17, 15) is 19.8 Å². The molecular weight excluding hydrogens is 510 g/mol. The molecule has 1 saturated heterocycles. The van der Waals surface area contributed by atoms with Gasteiger partial charge in [0.2, 0.25) is 5.13 Å². The van der Waals surface area contributed by atoms with Gasteiger partial charge in [-0.15, -0.1) is 10.2 Å². The topological polar surface area (TPSA) is 113 Å². The van der Waals surface area contributed by atoms with Gasteiger partial charge in [0, 0.05) is 5.56 Å². The zero-order chi connectivity index (χ0) is 24.0. The molecule has 0 bridgehead atoms. The first-order valence-corrected chi connectivity index (χ1v) is 11.5. The maximum atomic E-state index is 13.3. The number of aliphatic hydroxyl groups excluding tert-OH is 1. The number of amides is 1. The van der Waals surface area contributed by atoms with Crippen LogP contribution in [0.15, 0.2) is 40.4 Å². The molecule has 2 N–H and O–H groups in total. The summed E-state index contributed by atoms with van der Waals surface area (Å²) in [5.41, 5.74) is 2.45. The quantitative estimate of drug-likeness (QED) is 0.289. The van der Waals surface area contributed by atoms with Gasteiger partial charge in [0.1, 0.15) is 10.8 Å². The zero-order valence-corrected chi connectivity index (χ0v) is 20.6. The molecule has 1 unspecified atom stereocenters. The van der Waals surface area contributed by atoms with Gasteiger partial charge in [-0.1, -0.05) is 29.0 Å². The van der Waals surface area contributed by atoms with Crippen molar-refractivity contribution in [3.05, 3.63) is 67.6 Å². The first-order chi connectivity index (χ1) is 15.6. The monoisotopic (exact) mass is 529 g/mol. The summed E-state index contributed by atoms with van der Waals surface area (Å²) in [4.78, 5) is 27.7. The van der Waals surface area contributed by atoms with Crippen LogP contribution in [-0.4, -0.2) is 39.2 Å². The zero-order valence-electron chi connectivity index (χ0n) is 18.2. The summed E-state index contributed by atoms with van der Waals surface area (Å²) >= 11 is 4.45. The second kappa shape index (κ2) is 8.60. The Morgan fingerprint density at radius 3 is 2.52 bits per heavy atom. The van der Waals surface area contributed by atoms with E-state index in [-0.39, 0.29) is 28.0 Å². The van der Waals surface area contributed by atoms with Crippen LogP contribution in [0.4, 0.5) is 5.13 Å². The van der Waals surface area contributed by atoms with Crippen LogP contribution < -0.4 is 9.64 Å². The van der Waals surface area contributed by atoms with E-state index in [2.05, 4.69) is 26.1 Å². The average molecular weight is 530 g/mol. The van der Waals surface area contributed by atoms with Crippen molar-refractivity contribution in [3.63, 3.8) is 0 Å². The van der Waals surface area contributed by atoms with E-state index in [1.165, 1.54) is 18.1 Å². The van der Waals surface area contributed by atoms with E-state index in [4.69, 9.17) is 4.74 Å². The highest BCUT2D eigenvalue weighted by molar-refractivity contribution is 9.10. The fourth-order valence-corrected chi connectivity index (χ4v) is 4.95. The lowest BCUT2D eigenvalue weighted by molar-refractivity contribution is -0.132. The number of ketones is 1. The van der Waals surface area contributed by atoms with Crippen molar-refractivity contribution in [3.8, 4) is 11.5 Å². The molecule has 170 valence electrons. The number of carbonyl (C=O) groups excluding carboxylic acids is 2. The summed E-state index contributed by atoms with van der Waals surface area (Å²) in [5, 5.41) is 30.5. The fourth-order valence-electron chi connectivity index (χ4n) is 3.77. The summed E-state index contributed by atoms with van der Waals surface area (Å²) in [7, 11) is 1.40. The number of halogens is 1. The maximum absolute atomic E-state index is 13.3. The van der Waals surface area contributed by atoms with Gasteiger partial charge < -0.3 is 14.9 Å². The standard InChI is InChI=1S/C23H20BrN3O5S/c1-10-5-6-11(2)14(7-10)19(28)17-18(13-8-15(24)20(29)16(9-13)32-4)27(22(31)21(17)30)23-26-25-12(3)33-23/h5-9,18,28-29H,1-4H3. The molecule has 0 aliphatic carbocycles. The number of aryl methyl sites for hydroxylation is 3. The Morgan fingerprint density at radius 1 is 1.15 bits per heavy atom. The third kappa shape index (κ3) is 3.89. The van der Waals surface area contributed by atoms with Gasteiger partial charge in [0.15, 0.2) is 11.5 Å². The summed E-state index contributed by atoms with van der Waals surface area (Å²) < 4.78 is 5.58. The fraction of sp³-hybridized carbons (Fsp3) is 0.217. The molecule has 1 aliphatic heterocycles. The van der Waals surface area contributed by atoms with Crippen LogP contribution in [-0.2, 0) is 9.59 Å². The number of nitrogens with zero attached hydrogens (tertiary/aromatic N) is 3. The molecule has 1 aromatic heterocycles. The van der Waals surface area contributed by atoms with Crippen LogP contribution >= 0.6 is 27.3 Å². The Kier molecular flexibility index (Phi) is 5.98. The number of rotatable bonds is 4. The Morgan fingerprint density at radius 2 is 1.88 bits per heavy atom. The molecule has 3 aromatic rings. The van der Waals surface area contributed by atoms with Crippen molar-refractivity contribution in [1.82, 2.24) is 10.2 Å². The van der Waals surface area contributed by atoms with E-state index < -0.39 is 17.7 Å². The lowest BCUT2D eigenvalue weighted by Gasteiger charge is -2.23. The van der Waals surface area contributed by atoms with Crippen molar-refractivity contribution in [2.45, 2.75) is 26.8 Å². The van der Waals surface area contributed by atoms with Crippen LogP contribution in [0.1, 0.15) is 33.3 Å². The molecule has 1 atom stereocenters. The average Bonchev–Trinajstić information content (AvgIpc) is 3.32. The number of Topliss-reactive ketones (excluding diaryl/α,β-unsaturated/α-hetero) is 1. The minimum absolute atomic E-state index is 0.0822. The Bertz CT molecular complexity index is 1330. The predicted octanol–water partition coefficient (Wildman–Crippen LogP) is 4.57. The van der Waals surface area contributed by atoms with Crippen LogP contribution in [0, 0.1) is 20.8 Å². The van der Waals surface area contributed by atoms with Crippen molar-refractivity contribution in [2.75, 3.05) is 12.0 Å². The number of phenols is 1. The number of methoxy groups -OCH3 is 1. The smallest absolute Gasteiger partial charge is 0.301 e. The SMILES string of the molecule is COc1cc(C2C(=C(O)c3cc(C)ccc3C)C(=O)C(=O)N2c2nnc(C)s2)cc(Br)c1O. The summed E-state index contributed by atoms with van der Waals surface area (Å²) in [6.45, 7) is 5.43. The molecule has 1 aliphatic rings. The molecule has 10 heteroatoms. The molecule has 1 amide bonds. The minimum atomic E-state index is -1.01. The number of benzene rings is 2. The summed E-state index contributed by atoms with van der Waals surface area (Å²) in [5.74, 6) is -1.93. The first-order valence-electron chi connectivity index (χ1n) is 9.89.